The number of hydrogen-bond acceptors (Lipinski definition) is 3. The summed E-state index contributed by atoms with van der Waals surface area (Å²) in [5, 5.41) is 5.84. The molecule has 3 aromatic rings. The lowest BCUT2D eigenvalue weighted by molar-refractivity contribution is -0.137. The van der Waals surface area contributed by atoms with E-state index in [1.165, 1.54) is 13.0 Å². The summed E-state index contributed by atoms with van der Waals surface area (Å²) in [7, 11) is 0. The van der Waals surface area contributed by atoms with Crippen LogP contribution in [0.15, 0.2) is 54.7 Å². The highest BCUT2D eigenvalue weighted by molar-refractivity contribution is 6.09. The second kappa shape index (κ2) is 8.03. The number of nitrogens with one attached hydrogen (secondary N) is 3. The summed E-state index contributed by atoms with van der Waals surface area (Å²) in [5.74, 6) is -1.35. The Labute approximate surface area is 180 Å². The number of para-hydroxylation sites is 1. The molecular weight excluding hydrogens is 425 g/mol. The highest BCUT2D eigenvalue weighted by atomic mass is 19.4. The number of hydrogen-bond donors (Lipinski definition) is 3. The summed E-state index contributed by atoms with van der Waals surface area (Å²) in [6, 6.07) is 8.84. The summed E-state index contributed by atoms with van der Waals surface area (Å²) in [4.78, 5) is 41.8. The molecule has 2 unspecified atom stereocenters. The van der Waals surface area contributed by atoms with Crippen LogP contribution in [-0.4, -0.2) is 39.8 Å². The van der Waals surface area contributed by atoms with Gasteiger partial charge in [0.1, 0.15) is 12.1 Å². The van der Waals surface area contributed by atoms with Crippen LogP contribution in [0.1, 0.15) is 18.1 Å². The van der Waals surface area contributed by atoms with Gasteiger partial charge in [0.15, 0.2) is 0 Å². The van der Waals surface area contributed by atoms with Crippen molar-refractivity contribution in [2.45, 2.75) is 31.6 Å². The molecule has 0 bridgehead atoms. The first-order chi connectivity index (χ1) is 15.1. The fourth-order valence-corrected chi connectivity index (χ4v) is 3.71. The molecule has 4 rings (SSSR count). The first-order valence-electron chi connectivity index (χ1n) is 9.82. The van der Waals surface area contributed by atoms with Gasteiger partial charge in [0.2, 0.25) is 5.91 Å². The van der Waals surface area contributed by atoms with E-state index >= 15 is 0 Å². The van der Waals surface area contributed by atoms with Crippen molar-refractivity contribution in [3.8, 4) is 0 Å². The molecule has 0 saturated carbocycles. The Morgan fingerprint density at radius 3 is 2.66 bits per heavy atom. The third-order valence-corrected chi connectivity index (χ3v) is 5.38. The van der Waals surface area contributed by atoms with Crippen LogP contribution in [0.25, 0.3) is 10.9 Å². The van der Waals surface area contributed by atoms with Crippen LogP contribution >= 0.6 is 0 Å². The van der Waals surface area contributed by atoms with Gasteiger partial charge >= 0.3 is 12.2 Å². The minimum atomic E-state index is -4.56. The summed E-state index contributed by atoms with van der Waals surface area (Å²) >= 11 is 0. The molecule has 1 aliphatic heterocycles. The molecular formula is C22H19F3N4O3. The van der Waals surface area contributed by atoms with E-state index in [1.807, 2.05) is 24.3 Å². The Morgan fingerprint density at radius 1 is 1.16 bits per heavy atom. The number of carbonyl (C=O) groups is 3. The van der Waals surface area contributed by atoms with E-state index < -0.39 is 41.7 Å². The molecule has 1 aliphatic rings. The maximum absolute atomic E-state index is 12.9. The number of H-pyrrole nitrogens is 1. The number of alkyl halides is 3. The molecule has 0 spiro atoms. The van der Waals surface area contributed by atoms with Gasteiger partial charge in [-0.1, -0.05) is 24.3 Å². The van der Waals surface area contributed by atoms with Gasteiger partial charge in [-0.2, -0.15) is 13.2 Å². The smallest absolute Gasteiger partial charge is 0.361 e. The van der Waals surface area contributed by atoms with Crippen LogP contribution in [-0.2, 0) is 22.2 Å². The van der Waals surface area contributed by atoms with Gasteiger partial charge in [-0.05, 0) is 36.8 Å². The zero-order valence-corrected chi connectivity index (χ0v) is 16.9. The van der Waals surface area contributed by atoms with E-state index in [4.69, 9.17) is 0 Å². The molecule has 1 fully saturated rings. The van der Waals surface area contributed by atoms with Crippen LogP contribution in [0.5, 0.6) is 0 Å². The molecule has 2 atom stereocenters. The number of carbonyl (C=O) groups excluding carboxylic acids is 3. The molecule has 7 nitrogen and oxygen atoms in total. The number of amides is 4. The highest BCUT2D eigenvalue weighted by Crippen LogP contribution is 2.31. The number of aromatic nitrogens is 1. The molecule has 166 valence electrons. The maximum Gasteiger partial charge on any atom is 0.416 e. The minimum absolute atomic E-state index is 0.0842. The molecule has 4 amide bonds. The molecule has 32 heavy (non-hydrogen) atoms. The second-order valence-corrected chi connectivity index (χ2v) is 7.52. The van der Waals surface area contributed by atoms with Gasteiger partial charge in [-0.25, -0.2) is 4.79 Å². The summed E-state index contributed by atoms with van der Waals surface area (Å²) in [5.41, 5.74) is 0.725. The SMILES string of the molecule is CC(C(=O)Nc1cccc(C(F)(F)F)c1)N1C(=O)NC(Cc2c[nH]c3ccccc23)C1=O. The number of fused-ring (bicyclic) bond motifs is 1. The molecule has 1 saturated heterocycles. The topological polar surface area (TPSA) is 94.3 Å². The first kappa shape index (κ1) is 21.4. The summed E-state index contributed by atoms with van der Waals surface area (Å²) < 4.78 is 38.7. The van der Waals surface area contributed by atoms with Crippen LogP contribution in [0.2, 0.25) is 0 Å². The van der Waals surface area contributed by atoms with E-state index in [9.17, 15) is 27.6 Å². The van der Waals surface area contributed by atoms with E-state index in [0.717, 1.165) is 39.6 Å². The van der Waals surface area contributed by atoms with E-state index in [0.29, 0.717) is 0 Å². The quantitative estimate of drug-likeness (QED) is 0.524. The number of imide groups is 1. The number of nitrogens with zero attached hydrogens (tertiary/aromatic N) is 1. The average Bonchev–Trinajstić information content (AvgIpc) is 3.28. The lowest BCUT2D eigenvalue weighted by Crippen LogP contribution is -2.46. The van der Waals surface area contributed by atoms with Gasteiger partial charge in [0.05, 0.1) is 5.56 Å². The van der Waals surface area contributed by atoms with Crippen LogP contribution in [0.4, 0.5) is 23.7 Å². The number of aromatic amines is 1. The zero-order valence-electron chi connectivity index (χ0n) is 16.9. The fourth-order valence-electron chi connectivity index (χ4n) is 3.71. The van der Waals surface area contributed by atoms with Crippen molar-refractivity contribution in [1.29, 1.82) is 0 Å². The van der Waals surface area contributed by atoms with Crippen LogP contribution in [0.3, 0.4) is 0 Å². The molecule has 3 N–H and O–H groups in total. The largest absolute Gasteiger partial charge is 0.416 e. The molecule has 2 aromatic carbocycles. The van der Waals surface area contributed by atoms with E-state index in [-0.39, 0.29) is 12.1 Å². The fraction of sp³-hybridized carbons (Fsp3) is 0.227. The van der Waals surface area contributed by atoms with Crippen molar-refractivity contribution in [2.24, 2.45) is 0 Å². The first-order valence-corrected chi connectivity index (χ1v) is 9.82. The zero-order chi connectivity index (χ0) is 23.0. The van der Waals surface area contributed by atoms with Crippen molar-refractivity contribution in [3.05, 3.63) is 65.9 Å². The number of urea groups is 1. The van der Waals surface area contributed by atoms with Crippen LogP contribution in [0, 0.1) is 0 Å². The van der Waals surface area contributed by atoms with E-state index in [1.54, 1.807) is 6.20 Å². The third kappa shape index (κ3) is 4.03. The lowest BCUT2D eigenvalue weighted by atomic mass is 10.0. The molecule has 10 heteroatoms. The van der Waals surface area contributed by atoms with Gasteiger partial charge in [-0.15, -0.1) is 0 Å². The van der Waals surface area contributed by atoms with Crippen molar-refractivity contribution in [3.63, 3.8) is 0 Å². The Morgan fingerprint density at radius 2 is 1.91 bits per heavy atom. The van der Waals surface area contributed by atoms with Crippen molar-refractivity contribution < 1.29 is 27.6 Å². The molecule has 2 heterocycles. The average molecular weight is 444 g/mol. The Hall–Kier alpha value is -3.82. The summed E-state index contributed by atoms with van der Waals surface area (Å²) in [6.45, 7) is 1.34. The Kier molecular flexibility index (Phi) is 5.37. The van der Waals surface area contributed by atoms with Crippen molar-refractivity contribution in [2.75, 3.05) is 5.32 Å². The standard InChI is InChI=1S/C22H19F3N4O3/c1-12(19(30)27-15-6-4-5-14(10-15)22(23,24)25)29-20(31)18(28-21(29)32)9-13-11-26-17-8-3-2-7-16(13)17/h2-8,10-12,18,26H,9H2,1H3,(H,27,30)(H,28,32). The molecule has 0 radical (unpaired) electrons. The van der Waals surface area contributed by atoms with Gasteiger partial charge < -0.3 is 15.6 Å². The lowest BCUT2D eigenvalue weighted by Gasteiger charge is -2.21. The number of anilines is 1. The van der Waals surface area contributed by atoms with E-state index in [2.05, 4.69) is 15.6 Å². The Bertz CT molecular complexity index is 1200. The van der Waals surface area contributed by atoms with Crippen LogP contribution < -0.4 is 10.6 Å². The normalized spacial score (nSPS) is 17.5. The van der Waals surface area contributed by atoms with Crippen molar-refractivity contribution in [1.82, 2.24) is 15.2 Å². The van der Waals surface area contributed by atoms with Gasteiger partial charge in [0, 0.05) is 29.2 Å². The molecule has 0 aliphatic carbocycles. The monoisotopic (exact) mass is 444 g/mol. The van der Waals surface area contributed by atoms with Gasteiger partial charge in [0.25, 0.3) is 5.91 Å². The van der Waals surface area contributed by atoms with Crippen molar-refractivity contribution >= 4 is 34.4 Å². The second-order valence-electron chi connectivity index (χ2n) is 7.52. The predicted octanol–water partition coefficient (Wildman–Crippen LogP) is 3.68. The predicted molar refractivity (Wildman–Crippen MR) is 111 cm³/mol. The highest BCUT2D eigenvalue weighted by Gasteiger charge is 2.43. The number of benzene rings is 2. The third-order valence-electron chi connectivity index (χ3n) is 5.38. The number of rotatable bonds is 5. The number of halogens is 3. The maximum atomic E-state index is 12.9. The summed E-state index contributed by atoms with van der Waals surface area (Å²) in [6.07, 6.45) is -2.57. The minimum Gasteiger partial charge on any atom is -0.361 e. The molecule has 1 aromatic heterocycles. The Balaban J connectivity index is 1.47. The van der Waals surface area contributed by atoms with Gasteiger partial charge in [-0.3, -0.25) is 14.5 Å².